The molecular weight excluding hydrogens is 176 g/mol. The van der Waals surface area contributed by atoms with Gasteiger partial charge in [-0.15, -0.1) is 0 Å². The highest BCUT2D eigenvalue weighted by atomic mass is 16.5. The average Bonchev–Trinajstić information content (AvgIpc) is 1.99. The van der Waals surface area contributed by atoms with Crippen LogP contribution in [0.2, 0.25) is 0 Å². The summed E-state index contributed by atoms with van der Waals surface area (Å²) in [4.78, 5) is 0. The quantitative estimate of drug-likeness (QED) is 0.718. The van der Waals surface area contributed by atoms with Crippen LogP contribution in [0.5, 0.6) is 0 Å². The Morgan fingerprint density at radius 2 is 1.93 bits per heavy atom. The molecule has 84 valence electrons. The van der Waals surface area contributed by atoms with E-state index in [0.717, 1.165) is 25.7 Å². The van der Waals surface area contributed by atoms with Crippen LogP contribution in [0.25, 0.3) is 0 Å². The molecule has 3 nitrogen and oxygen atoms in total. The first-order chi connectivity index (χ1) is 6.32. The van der Waals surface area contributed by atoms with Gasteiger partial charge in [0, 0.05) is 17.1 Å². The zero-order chi connectivity index (χ0) is 11.0. The van der Waals surface area contributed by atoms with Gasteiger partial charge in [-0.1, -0.05) is 13.3 Å². The second kappa shape index (κ2) is 3.80. The van der Waals surface area contributed by atoms with E-state index in [4.69, 9.17) is 5.73 Å². The van der Waals surface area contributed by atoms with Gasteiger partial charge in [0.15, 0.2) is 0 Å². The molecule has 0 amide bonds. The third kappa shape index (κ3) is 2.10. The molecule has 2 unspecified atom stereocenters. The largest absolute Gasteiger partial charge is 0.328 e. The van der Waals surface area contributed by atoms with Crippen LogP contribution < -0.4 is 5.73 Å². The second-order valence-corrected chi connectivity index (χ2v) is 5.54. The first kappa shape index (κ1) is 12.0. The van der Waals surface area contributed by atoms with Crippen LogP contribution in [0.15, 0.2) is 0 Å². The number of piperidine rings is 1. The molecule has 0 aliphatic carbocycles. The summed E-state index contributed by atoms with van der Waals surface area (Å²) in [6, 6.07) is 0.213. The van der Waals surface area contributed by atoms with E-state index in [9.17, 15) is 5.21 Å². The summed E-state index contributed by atoms with van der Waals surface area (Å²) < 4.78 is 0. The van der Waals surface area contributed by atoms with Gasteiger partial charge in [-0.25, -0.2) is 0 Å². The number of nitrogens with two attached hydrogens (primary N) is 1. The molecule has 2 atom stereocenters. The van der Waals surface area contributed by atoms with E-state index >= 15 is 0 Å². The molecule has 1 aliphatic rings. The normalized spacial score (nSPS) is 38.6. The predicted octanol–water partition coefficient (Wildman–Crippen LogP) is 2.14. The first-order valence-corrected chi connectivity index (χ1v) is 5.56. The van der Waals surface area contributed by atoms with E-state index in [1.165, 1.54) is 5.06 Å². The van der Waals surface area contributed by atoms with E-state index in [-0.39, 0.29) is 17.1 Å². The Labute approximate surface area is 87.2 Å². The van der Waals surface area contributed by atoms with Crippen molar-refractivity contribution in [3.05, 3.63) is 0 Å². The molecule has 0 radical (unpaired) electrons. The van der Waals surface area contributed by atoms with Gasteiger partial charge in [0.05, 0.1) is 0 Å². The van der Waals surface area contributed by atoms with Crippen molar-refractivity contribution in [1.29, 1.82) is 0 Å². The van der Waals surface area contributed by atoms with Crippen molar-refractivity contribution in [1.82, 2.24) is 5.06 Å². The Kier molecular flexibility index (Phi) is 3.24. The molecule has 1 saturated heterocycles. The lowest BCUT2D eigenvalue weighted by Gasteiger charge is -2.52. The maximum absolute atomic E-state index is 10.2. The fourth-order valence-electron chi connectivity index (χ4n) is 2.93. The highest BCUT2D eigenvalue weighted by molar-refractivity contribution is 4.99. The molecule has 1 rings (SSSR count). The van der Waals surface area contributed by atoms with Gasteiger partial charge in [0.1, 0.15) is 0 Å². The number of hydrogen-bond donors (Lipinski definition) is 2. The van der Waals surface area contributed by atoms with Crippen molar-refractivity contribution < 1.29 is 5.21 Å². The zero-order valence-corrected chi connectivity index (χ0v) is 9.88. The Morgan fingerprint density at radius 3 is 2.43 bits per heavy atom. The lowest BCUT2D eigenvalue weighted by atomic mass is 9.76. The summed E-state index contributed by atoms with van der Waals surface area (Å²) in [5, 5.41) is 11.7. The zero-order valence-electron chi connectivity index (χ0n) is 9.88. The van der Waals surface area contributed by atoms with Crippen molar-refractivity contribution in [3.8, 4) is 0 Å². The Bertz CT molecular complexity index is 205. The van der Waals surface area contributed by atoms with Crippen LogP contribution in [0, 0.1) is 0 Å². The molecule has 0 aromatic rings. The molecule has 1 fully saturated rings. The molecule has 0 bridgehead atoms. The van der Waals surface area contributed by atoms with E-state index in [0.29, 0.717) is 0 Å². The molecular formula is C11H24N2O. The second-order valence-electron chi connectivity index (χ2n) is 5.54. The standard InChI is InChI=1S/C11H24N2O/c1-5-6-11(4)8-9(12)7-10(2,3)13(11)14/h9,14H,5-8,12H2,1-4H3. The van der Waals surface area contributed by atoms with E-state index in [2.05, 4.69) is 27.7 Å². The highest BCUT2D eigenvalue weighted by Crippen LogP contribution is 2.38. The van der Waals surface area contributed by atoms with Gasteiger partial charge < -0.3 is 10.9 Å². The van der Waals surface area contributed by atoms with Crippen molar-refractivity contribution >= 4 is 0 Å². The molecule has 0 spiro atoms. The minimum atomic E-state index is -0.193. The van der Waals surface area contributed by atoms with Gasteiger partial charge in [0.25, 0.3) is 0 Å². The Morgan fingerprint density at radius 1 is 1.36 bits per heavy atom. The molecule has 1 heterocycles. The van der Waals surface area contributed by atoms with Gasteiger partial charge in [-0.05, 0) is 40.0 Å². The molecule has 0 aromatic heterocycles. The smallest absolute Gasteiger partial charge is 0.0453 e. The fraction of sp³-hybridized carbons (Fsp3) is 1.00. The number of nitrogens with zero attached hydrogens (tertiary/aromatic N) is 1. The molecule has 1 aliphatic heterocycles. The van der Waals surface area contributed by atoms with Crippen LogP contribution in [-0.2, 0) is 0 Å². The van der Waals surface area contributed by atoms with Gasteiger partial charge in [-0.3, -0.25) is 0 Å². The first-order valence-electron chi connectivity index (χ1n) is 5.56. The summed E-state index contributed by atoms with van der Waals surface area (Å²) in [6.07, 6.45) is 3.83. The summed E-state index contributed by atoms with van der Waals surface area (Å²) in [5.41, 5.74) is 5.70. The Hall–Kier alpha value is -0.120. The van der Waals surface area contributed by atoms with Crippen molar-refractivity contribution in [2.75, 3.05) is 0 Å². The van der Waals surface area contributed by atoms with Crippen LogP contribution in [0.3, 0.4) is 0 Å². The lowest BCUT2D eigenvalue weighted by Crippen LogP contribution is -2.62. The minimum absolute atomic E-state index is 0.143. The average molecular weight is 200 g/mol. The summed E-state index contributed by atoms with van der Waals surface area (Å²) >= 11 is 0. The van der Waals surface area contributed by atoms with Gasteiger partial charge >= 0.3 is 0 Å². The fourth-order valence-corrected chi connectivity index (χ4v) is 2.93. The van der Waals surface area contributed by atoms with E-state index < -0.39 is 0 Å². The van der Waals surface area contributed by atoms with Gasteiger partial charge in [0.2, 0.25) is 0 Å². The minimum Gasteiger partial charge on any atom is -0.328 e. The Balaban J connectivity index is 2.84. The SMILES string of the molecule is CCCC1(C)CC(N)CC(C)(C)N1O. The van der Waals surface area contributed by atoms with Crippen molar-refractivity contribution in [3.63, 3.8) is 0 Å². The maximum atomic E-state index is 10.2. The van der Waals surface area contributed by atoms with E-state index in [1.807, 2.05) is 0 Å². The summed E-state index contributed by atoms with van der Waals surface area (Å²) in [7, 11) is 0. The van der Waals surface area contributed by atoms with E-state index in [1.54, 1.807) is 0 Å². The number of rotatable bonds is 2. The van der Waals surface area contributed by atoms with Crippen LogP contribution >= 0.6 is 0 Å². The number of hydrogen-bond acceptors (Lipinski definition) is 3. The topological polar surface area (TPSA) is 49.5 Å². The van der Waals surface area contributed by atoms with Crippen LogP contribution in [0.1, 0.15) is 53.4 Å². The van der Waals surface area contributed by atoms with Crippen molar-refractivity contribution in [2.24, 2.45) is 5.73 Å². The predicted molar refractivity (Wildman–Crippen MR) is 58.2 cm³/mol. The molecule has 0 saturated carbocycles. The monoisotopic (exact) mass is 200 g/mol. The molecule has 3 N–H and O–H groups in total. The third-order valence-electron chi connectivity index (χ3n) is 3.34. The van der Waals surface area contributed by atoms with Crippen LogP contribution in [-0.4, -0.2) is 27.4 Å². The van der Waals surface area contributed by atoms with Crippen LogP contribution in [0.4, 0.5) is 0 Å². The van der Waals surface area contributed by atoms with Crippen molar-refractivity contribution in [2.45, 2.75) is 70.5 Å². The maximum Gasteiger partial charge on any atom is 0.0453 e. The molecule has 0 aromatic carbocycles. The molecule has 3 heteroatoms. The number of hydroxylamine groups is 2. The summed E-state index contributed by atoms with van der Waals surface area (Å²) in [5.74, 6) is 0. The third-order valence-corrected chi connectivity index (χ3v) is 3.34. The lowest BCUT2D eigenvalue weighted by molar-refractivity contribution is -0.251. The van der Waals surface area contributed by atoms with Gasteiger partial charge in [-0.2, -0.15) is 5.06 Å². The molecule has 14 heavy (non-hydrogen) atoms. The highest BCUT2D eigenvalue weighted by Gasteiger charge is 2.45. The summed E-state index contributed by atoms with van der Waals surface area (Å²) in [6.45, 7) is 8.36.